The number of aromatic amines is 1. The fourth-order valence-electron chi connectivity index (χ4n) is 3.66. The summed E-state index contributed by atoms with van der Waals surface area (Å²) in [5.74, 6) is -0.311. The summed E-state index contributed by atoms with van der Waals surface area (Å²) in [6.45, 7) is 4.70. The third-order valence-corrected chi connectivity index (χ3v) is 6.99. The second-order valence-electron chi connectivity index (χ2n) is 8.67. The van der Waals surface area contributed by atoms with Crippen LogP contribution in [0.2, 0.25) is 0 Å². The first-order valence-corrected chi connectivity index (χ1v) is 13.2. The molecule has 2 aromatic carbocycles. The van der Waals surface area contributed by atoms with E-state index in [2.05, 4.69) is 10.1 Å². The molecule has 4 atom stereocenters. The van der Waals surface area contributed by atoms with Crippen LogP contribution < -0.4 is 20.9 Å². The Morgan fingerprint density at radius 3 is 2.62 bits per heavy atom. The number of carbonyl (C=O) groups excluding carboxylic acids is 1. The van der Waals surface area contributed by atoms with Gasteiger partial charge in [0, 0.05) is 17.6 Å². The third-order valence-electron chi connectivity index (χ3n) is 5.36. The number of hydrogen-bond donors (Lipinski definition) is 2. The Balaban J connectivity index is 1.52. The Morgan fingerprint density at radius 1 is 1.11 bits per heavy atom. The van der Waals surface area contributed by atoms with E-state index in [0.717, 1.165) is 5.39 Å². The molecule has 0 aliphatic carbocycles. The second-order valence-corrected chi connectivity index (χ2v) is 10.4. The lowest BCUT2D eigenvalue weighted by Gasteiger charge is -2.25. The zero-order chi connectivity index (χ0) is 26.6. The number of fused-ring (bicyclic) bond motifs is 1. The molecule has 0 bridgehead atoms. The number of nitrogens with zero attached hydrogens (tertiary/aromatic N) is 1. The summed E-state index contributed by atoms with van der Waals surface area (Å²) in [7, 11) is -4.14. The molecule has 0 amide bonds. The molecule has 0 radical (unpaired) electrons. The van der Waals surface area contributed by atoms with Crippen molar-refractivity contribution in [2.45, 2.75) is 45.2 Å². The minimum Gasteiger partial charge on any atom is -0.462 e. The van der Waals surface area contributed by atoms with E-state index in [-0.39, 0.29) is 12.7 Å². The molecule has 4 rings (SSSR count). The summed E-state index contributed by atoms with van der Waals surface area (Å²) < 4.78 is 37.7. The summed E-state index contributed by atoms with van der Waals surface area (Å²) >= 11 is 0. The van der Waals surface area contributed by atoms with Gasteiger partial charge in [-0.05, 0) is 38.3 Å². The molecule has 1 aromatic heterocycles. The Kier molecular flexibility index (Phi) is 8.09. The zero-order valence-corrected chi connectivity index (χ0v) is 21.4. The highest BCUT2D eigenvalue weighted by molar-refractivity contribution is 7.52. The molecule has 12 heteroatoms. The standard InChI is InChI=1S/C25H28N3O8P/c1-16(2)34-24(30)17(3)27-37(32,36-21-10-6-8-18-7-4-5-9-20(18)21)33-15-19-11-12-23(35-19)28-14-13-22(29)26-25(28)31/h4-14,16-17,19,23H,15H2,1-3H3,(H,27,32)(H,26,29,31)/t17-,19-,23?,37?/m0/s1. The minimum absolute atomic E-state index is 0.216. The Morgan fingerprint density at radius 2 is 1.86 bits per heavy atom. The lowest BCUT2D eigenvalue weighted by molar-refractivity contribution is -0.149. The van der Waals surface area contributed by atoms with Crippen LogP contribution in [-0.4, -0.2) is 40.4 Å². The summed E-state index contributed by atoms with van der Waals surface area (Å²) in [5, 5.41) is 4.24. The Bertz CT molecular complexity index is 1460. The van der Waals surface area contributed by atoms with Crippen molar-refractivity contribution in [1.29, 1.82) is 0 Å². The average Bonchev–Trinajstić information content (AvgIpc) is 3.31. The second kappa shape index (κ2) is 11.3. The molecule has 3 aromatic rings. The van der Waals surface area contributed by atoms with Crippen LogP contribution in [0.25, 0.3) is 10.8 Å². The maximum atomic E-state index is 13.9. The molecule has 0 saturated carbocycles. The van der Waals surface area contributed by atoms with E-state index in [4.69, 9.17) is 18.5 Å². The van der Waals surface area contributed by atoms with Gasteiger partial charge in [-0.25, -0.2) is 9.36 Å². The first-order chi connectivity index (χ1) is 17.6. The van der Waals surface area contributed by atoms with Gasteiger partial charge in [-0.3, -0.25) is 23.7 Å². The molecule has 2 heterocycles. The maximum absolute atomic E-state index is 13.9. The lowest BCUT2D eigenvalue weighted by Crippen LogP contribution is -2.36. The number of rotatable bonds is 10. The smallest absolute Gasteiger partial charge is 0.459 e. The molecule has 0 fully saturated rings. The summed E-state index contributed by atoms with van der Waals surface area (Å²) in [6, 6.07) is 12.9. The predicted molar refractivity (Wildman–Crippen MR) is 136 cm³/mol. The fraction of sp³-hybridized carbons (Fsp3) is 0.320. The number of aromatic nitrogens is 2. The first kappa shape index (κ1) is 26.6. The normalized spacial score (nSPS) is 19.6. The van der Waals surface area contributed by atoms with Crippen LogP contribution in [0.5, 0.6) is 5.75 Å². The maximum Gasteiger partial charge on any atom is 0.459 e. The Labute approximate surface area is 212 Å². The minimum atomic E-state index is -4.14. The fourth-order valence-corrected chi connectivity index (χ4v) is 5.18. The summed E-state index contributed by atoms with van der Waals surface area (Å²) in [6.07, 6.45) is 2.73. The first-order valence-electron chi connectivity index (χ1n) is 11.7. The number of benzene rings is 2. The van der Waals surface area contributed by atoms with Crippen molar-refractivity contribution >= 4 is 24.5 Å². The van der Waals surface area contributed by atoms with Gasteiger partial charge in [-0.15, -0.1) is 0 Å². The van der Waals surface area contributed by atoms with E-state index in [1.165, 1.54) is 23.8 Å². The van der Waals surface area contributed by atoms with Crippen LogP contribution in [0.1, 0.15) is 27.0 Å². The van der Waals surface area contributed by atoms with Crippen LogP contribution in [0, 0.1) is 0 Å². The third kappa shape index (κ3) is 6.64. The molecule has 196 valence electrons. The van der Waals surface area contributed by atoms with E-state index in [1.54, 1.807) is 38.1 Å². The quantitative estimate of drug-likeness (QED) is 0.230. The van der Waals surface area contributed by atoms with Crippen LogP contribution in [0.4, 0.5) is 0 Å². The number of carbonyl (C=O) groups is 1. The molecular weight excluding hydrogens is 501 g/mol. The van der Waals surface area contributed by atoms with Crippen LogP contribution in [0.3, 0.4) is 0 Å². The van der Waals surface area contributed by atoms with Crippen molar-refractivity contribution in [2.24, 2.45) is 0 Å². The molecule has 11 nitrogen and oxygen atoms in total. The van der Waals surface area contributed by atoms with E-state index >= 15 is 0 Å². The van der Waals surface area contributed by atoms with Crippen molar-refractivity contribution in [1.82, 2.24) is 14.6 Å². The van der Waals surface area contributed by atoms with Gasteiger partial charge < -0.3 is 14.0 Å². The number of nitrogens with one attached hydrogen (secondary N) is 2. The molecule has 2 N–H and O–H groups in total. The number of esters is 1. The van der Waals surface area contributed by atoms with Crippen molar-refractivity contribution < 1.29 is 27.9 Å². The Hall–Kier alpha value is -3.50. The average molecular weight is 529 g/mol. The zero-order valence-electron chi connectivity index (χ0n) is 20.5. The van der Waals surface area contributed by atoms with Gasteiger partial charge in [0.2, 0.25) is 0 Å². The van der Waals surface area contributed by atoms with Gasteiger partial charge >= 0.3 is 19.4 Å². The highest BCUT2D eigenvalue weighted by Gasteiger charge is 2.34. The summed E-state index contributed by atoms with van der Waals surface area (Å²) in [4.78, 5) is 38.0. The SMILES string of the molecule is CC(C)OC(=O)[C@H](C)NP(=O)(OC[C@@H]1C=CC(n2ccc(=O)[nH]c2=O)O1)Oc1cccc2ccccc12. The van der Waals surface area contributed by atoms with E-state index in [0.29, 0.717) is 11.1 Å². The molecule has 0 spiro atoms. The van der Waals surface area contributed by atoms with E-state index in [9.17, 15) is 18.9 Å². The molecule has 1 aliphatic heterocycles. The van der Waals surface area contributed by atoms with Gasteiger partial charge in [0.05, 0.1) is 12.7 Å². The largest absolute Gasteiger partial charge is 0.462 e. The van der Waals surface area contributed by atoms with E-state index in [1.807, 2.05) is 30.3 Å². The molecule has 1 aliphatic rings. The van der Waals surface area contributed by atoms with Crippen LogP contribution >= 0.6 is 7.75 Å². The summed E-state index contributed by atoms with van der Waals surface area (Å²) in [5.41, 5.74) is -1.15. The topological polar surface area (TPSA) is 138 Å². The van der Waals surface area contributed by atoms with Gasteiger partial charge in [-0.1, -0.05) is 42.5 Å². The lowest BCUT2D eigenvalue weighted by atomic mass is 10.1. The molecule has 2 unspecified atom stereocenters. The van der Waals surface area contributed by atoms with Crippen LogP contribution in [-0.2, 0) is 23.4 Å². The van der Waals surface area contributed by atoms with Crippen LogP contribution in [0.15, 0.2) is 76.5 Å². The van der Waals surface area contributed by atoms with Crippen molar-refractivity contribution in [2.75, 3.05) is 6.61 Å². The van der Waals surface area contributed by atoms with Crippen molar-refractivity contribution in [3.8, 4) is 5.75 Å². The van der Waals surface area contributed by atoms with Gasteiger partial charge in [-0.2, -0.15) is 5.09 Å². The number of H-pyrrole nitrogens is 1. The number of ether oxygens (including phenoxy) is 2. The van der Waals surface area contributed by atoms with E-state index < -0.39 is 43.3 Å². The highest BCUT2D eigenvalue weighted by atomic mass is 31.2. The van der Waals surface area contributed by atoms with Crippen molar-refractivity contribution in [3.63, 3.8) is 0 Å². The highest BCUT2D eigenvalue weighted by Crippen LogP contribution is 2.47. The molecule has 37 heavy (non-hydrogen) atoms. The van der Waals surface area contributed by atoms with Gasteiger partial charge in [0.15, 0.2) is 6.23 Å². The van der Waals surface area contributed by atoms with Gasteiger partial charge in [0.25, 0.3) is 5.56 Å². The van der Waals surface area contributed by atoms with Gasteiger partial charge in [0.1, 0.15) is 17.9 Å². The molecular formula is C25H28N3O8P. The number of hydrogen-bond acceptors (Lipinski definition) is 8. The van der Waals surface area contributed by atoms with Crippen molar-refractivity contribution in [3.05, 3.63) is 87.7 Å². The monoisotopic (exact) mass is 529 g/mol. The predicted octanol–water partition coefficient (Wildman–Crippen LogP) is 3.28. The molecule has 0 saturated heterocycles.